The molecule has 1 atom stereocenters. The van der Waals surface area contributed by atoms with Crippen LogP contribution in [0, 0.1) is 5.41 Å². The fourth-order valence-electron chi connectivity index (χ4n) is 1.63. The van der Waals surface area contributed by atoms with Gasteiger partial charge in [0.05, 0.1) is 5.41 Å². The van der Waals surface area contributed by atoms with E-state index in [1.165, 1.54) is 24.3 Å². The fraction of sp³-hybridized carbons (Fsp3) is 0.417. The molecule has 1 aliphatic rings. The number of nitrogens with one attached hydrogen (secondary N) is 1. The molecule has 1 aromatic rings. The third-order valence-corrected chi connectivity index (χ3v) is 4.20. The van der Waals surface area contributed by atoms with Crippen LogP contribution in [0.25, 0.3) is 0 Å². The summed E-state index contributed by atoms with van der Waals surface area (Å²) in [5, 5.41) is 2.63. The summed E-state index contributed by atoms with van der Waals surface area (Å²) in [4.78, 5) is 11.9. The number of halogens is 4. The van der Waals surface area contributed by atoms with Gasteiger partial charge in [-0.25, -0.2) is 0 Å². The summed E-state index contributed by atoms with van der Waals surface area (Å²) in [6.07, 6.45) is 0.377. The predicted octanol–water partition coefficient (Wildman–Crippen LogP) is 3.81. The van der Waals surface area contributed by atoms with E-state index >= 15 is 0 Å². The first-order chi connectivity index (χ1) is 8.74. The number of anilines is 1. The summed E-state index contributed by atoms with van der Waals surface area (Å²) in [6.45, 7) is -1.21. The molecule has 3 nitrogen and oxygen atoms in total. The quantitative estimate of drug-likeness (QED) is 0.859. The maximum atomic E-state index is 12.0. The molecule has 1 N–H and O–H groups in total. The van der Waals surface area contributed by atoms with Crippen LogP contribution in [0.3, 0.4) is 0 Å². The number of ether oxygens (including phenoxy) is 1. The number of benzene rings is 1. The molecule has 0 unspecified atom stereocenters. The lowest BCUT2D eigenvalue weighted by atomic mass is 10.1. The number of carbonyl (C=O) groups excluding carboxylic acids is 1. The lowest BCUT2D eigenvalue weighted by molar-refractivity contribution is -0.120. The number of carbonyl (C=O) groups is 1. The van der Waals surface area contributed by atoms with Gasteiger partial charge in [-0.2, -0.15) is 8.78 Å². The van der Waals surface area contributed by atoms with Crippen molar-refractivity contribution in [1.29, 1.82) is 0 Å². The van der Waals surface area contributed by atoms with Crippen molar-refractivity contribution in [3.05, 3.63) is 24.3 Å². The summed E-state index contributed by atoms with van der Waals surface area (Å²) in [5.41, 5.74) is -0.363. The first-order valence-corrected chi connectivity index (χ1v) is 6.24. The largest absolute Gasteiger partial charge is 0.435 e. The van der Waals surface area contributed by atoms with Crippen molar-refractivity contribution in [3.8, 4) is 5.75 Å². The van der Waals surface area contributed by atoms with Crippen LogP contribution in [0.15, 0.2) is 24.3 Å². The Morgan fingerprint density at radius 3 is 2.32 bits per heavy atom. The number of hydrogen-bond donors (Lipinski definition) is 1. The number of alkyl halides is 4. The minimum atomic E-state index is -2.88. The van der Waals surface area contributed by atoms with Gasteiger partial charge >= 0.3 is 6.61 Å². The van der Waals surface area contributed by atoms with E-state index in [9.17, 15) is 13.6 Å². The van der Waals surface area contributed by atoms with Gasteiger partial charge in [-0.05, 0) is 37.6 Å². The fourth-order valence-corrected chi connectivity index (χ4v) is 2.34. The summed E-state index contributed by atoms with van der Waals surface area (Å²) < 4.78 is 27.1. The summed E-state index contributed by atoms with van der Waals surface area (Å²) in [7, 11) is 0. The molecular formula is C12H11Cl2F2NO2. The van der Waals surface area contributed by atoms with E-state index in [4.69, 9.17) is 23.2 Å². The van der Waals surface area contributed by atoms with Crippen LogP contribution in [0.1, 0.15) is 13.3 Å². The molecule has 0 bridgehead atoms. The highest BCUT2D eigenvalue weighted by atomic mass is 35.5. The smallest absolute Gasteiger partial charge is 0.387 e. The van der Waals surface area contributed by atoms with Crippen LogP contribution < -0.4 is 10.1 Å². The van der Waals surface area contributed by atoms with Crippen LogP contribution in [0.2, 0.25) is 0 Å². The minimum Gasteiger partial charge on any atom is -0.435 e. The van der Waals surface area contributed by atoms with E-state index < -0.39 is 16.4 Å². The van der Waals surface area contributed by atoms with E-state index in [-0.39, 0.29) is 11.7 Å². The molecule has 1 aromatic carbocycles. The van der Waals surface area contributed by atoms with Crippen LogP contribution in [0.5, 0.6) is 5.75 Å². The second kappa shape index (κ2) is 4.80. The van der Waals surface area contributed by atoms with Gasteiger partial charge in [0, 0.05) is 5.69 Å². The van der Waals surface area contributed by atoms with E-state index in [0.29, 0.717) is 12.1 Å². The molecular weight excluding hydrogens is 299 g/mol. The number of hydrogen-bond acceptors (Lipinski definition) is 2. The molecule has 0 aliphatic heterocycles. The summed E-state index contributed by atoms with van der Waals surface area (Å²) in [6, 6.07) is 5.61. The van der Waals surface area contributed by atoms with Gasteiger partial charge in [0.1, 0.15) is 10.1 Å². The molecule has 104 valence electrons. The SMILES string of the molecule is C[C@]1(C(=O)Nc2ccc(OC(F)F)cc2)CC1(Cl)Cl. The lowest BCUT2D eigenvalue weighted by Gasteiger charge is -2.13. The first kappa shape index (κ1) is 14.3. The Morgan fingerprint density at radius 2 is 1.89 bits per heavy atom. The standard InChI is InChI=1S/C12H11Cl2F2NO2/c1-11(6-12(11,13)14)9(18)17-7-2-4-8(5-3-7)19-10(15)16/h2-5,10H,6H2,1H3,(H,17,18)/t11-/m1/s1. The maximum absolute atomic E-state index is 12.0. The molecule has 1 fully saturated rings. The lowest BCUT2D eigenvalue weighted by Crippen LogP contribution is -2.25. The van der Waals surface area contributed by atoms with Crippen LogP contribution in [0.4, 0.5) is 14.5 Å². The second-order valence-electron chi connectivity index (χ2n) is 4.57. The average Bonchev–Trinajstić information content (AvgIpc) is 2.82. The Hall–Kier alpha value is -1.07. The van der Waals surface area contributed by atoms with E-state index in [0.717, 1.165) is 0 Å². The zero-order valence-electron chi connectivity index (χ0n) is 9.92. The number of amides is 1. The summed E-state index contributed by atoms with van der Waals surface area (Å²) >= 11 is 11.8. The monoisotopic (exact) mass is 309 g/mol. The molecule has 0 heterocycles. The Balaban J connectivity index is 1.99. The zero-order chi connectivity index (χ0) is 14.3. The maximum Gasteiger partial charge on any atom is 0.387 e. The Morgan fingerprint density at radius 1 is 1.37 bits per heavy atom. The summed E-state index contributed by atoms with van der Waals surface area (Å²) in [5.74, 6) is -0.283. The van der Waals surface area contributed by atoms with E-state index in [1.54, 1.807) is 6.92 Å². The molecule has 1 aliphatic carbocycles. The molecule has 7 heteroatoms. The molecule has 0 aromatic heterocycles. The minimum absolute atomic E-state index is 0.0228. The topological polar surface area (TPSA) is 38.3 Å². The molecule has 1 amide bonds. The molecule has 1 saturated carbocycles. The van der Waals surface area contributed by atoms with E-state index in [1.807, 2.05) is 0 Å². The molecule has 0 radical (unpaired) electrons. The third kappa shape index (κ3) is 2.92. The van der Waals surface area contributed by atoms with E-state index in [2.05, 4.69) is 10.1 Å². The highest BCUT2D eigenvalue weighted by Crippen LogP contribution is 2.64. The van der Waals surface area contributed by atoms with Crippen molar-refractivity contribution in [1.82, 2.24) is 0 Å². The van der Waals surface area contributed by atoms with Gasteiger partial charge in [-0.15, -0.1) is 23.2 Å². The highest BCUT2D eigenvalue weighted by molar-refractivity contribution is 6.53. The van der Waals surface area contributed by atoms with Crippen molar-refractivity contribution in [2.45, 2.75) is 24.3 Å². The van der Waals surface area contributed by atoms with Crippen molar-refractivity contribution >= 4 is 34.8 Å². The van der Waals surface area contributed by atoms with Crippen LogP contribution in [-0.2, 0) is 4.79 Å². The van der Waals surface area contributed by atoms with Crippen molar-refractivity contribution in [3.63, 3.8) is 0 Å². The van der Waals surface area contributed by atoms with Crippen molar-refractivity contribution in [2.24, 2.45) is 5.41 Å². The van der Waals surface area contributed by atoms with Gasteiger partial charge in [-0.1, -0.05) is 0 Å². The van der Waals surface area contributed by atoms with Gasteiger partial charge in [0.25, 0.3) is 0 Å². The normalized spacial score (nSPS) is 24.1. The molecule has 2 rings (SSSR count). The highest BCUT2D eigenvalue weighted by Gasteiger charge is 2.67. The van der Waals surface area contributed by atoms with Crippen molar-refractivity contribution in [2.75, 3.05) is 5.32 Å². The molecule has 19 heavy (non-hydrogen) atoms. The Bertz CT molecular complexity index is 493. The van der Waals surface area contributed by atoms with Gasteiger partial charge in [-0.3, -0.25) is 4.79 Å². The molecule has 0 saturated heterocycles. The Labute approximate surface area is 118 Å². The van der Waals surface area contributed by atoms with Gasteiger partial charge in [0.15, 0.2) is 0 Å². The third-order valence-electron chi connectivity index (χ3n) is 3.10. The van der Waals surface area contributed by atoms with Crippen molar-refractivity contribution < 1.29 is 18.3 Å². The second-order valence-corrected chi connectivity index (χ2v) is 6.05. The Kier molecular flexibility index (Phi) is 3.62. The van der Waals surface area contributed by atoms with Crippen LogP contribution >= 0.6 is 23.2 Å². The van der Waals surface area contributed by atoms with Crippen LogP contribution in [-0.4, -0.2) is 16.9 Å². The molecule has 0 spiro atoms. The van der Waals surface area contributed by atoms with Gasteiger partial charge < -0.3 is 10.1 Å². The first-order valence-electron chi connectivity index (χ1n) is 5.49. The number of rotatable bonds is 4. The predicted molar refractivity (Wildman–Crippen MR) is 68.9 cm³/mol. The van der Waals surface area contributed by atoms with Gasteiger partial charge in [0.2, 0.25) is 5.91 Å². The average molecular weight is 310 g/mol. The zero-order valence-corrected chi connectivity index (χ0v) is 11.4.